The molecule has 0 amide bonds. The molecule has 0 saturated carbocycles. The van der Waals surface area contributed by atoms with E-state index in [4.69, 9.17) is 4.74 Å². The second kappa shape index (κ2) is 8.39. The fraction of sp³-hybridized carbons (Fsp3) is 0.286. The summed E-state index contributed by atoms with van der Waals surface area (Å²) in [6.07, 6.45) is 0. The zero-order valence-electron chi connectivity index (χ0n) is 16.0. The van der Waals surface area contributed by atoms with Gasteiger partial charge < -0.3 is 4.74 Å². The molecule has 1 unspecified atom stereocenters. The molecule has 6 heteroatoms. The van der Waals surface area contributed by atoms with Crippen molar-refractivity contribution in [3.8, 4) is 22.8 Å². The minimum atomic E-state index is -0.194. The number of ether oxygens (including phenoxy) is 1. The molecule has 27 heavy (non-hydrogen) atoms. The van der Waals surface area contributed by atoms with Crippen LogP contribution in [0.4, 0.5) is 0 Å². The molecule has 0 bridgehead atoms. The zero-order valence-corrected chi connectivity index (χ0v) is 16.8. The van der Waals surface area contributed by atoms with E-state index in [0.29, 0.717) is 11.8 Å². The highest BCUT2D eigenvalue weighted by atomic mass is 32.2. The second-order valence-electron chi connectivity index (χ2n) is 6.31. The minimum Gasteiger partial charge on any atom is -0.494 e. The molecule has 0 aliphatic heterocycles. The van der Waals surface area contributed by atoms with Gasteiger partial charge in [-0.05, 0) is 58.0 Å². The van der Waals surface area contributed by atoms with Crippen molar-refractivity contribution < 1.29 is 9.53 Å². The molecule has 0 saturated heterocycles. The Morgan fingerprint density at radius 3 is 2.56 bits per heavy atom. The Labute approximate surface area is 163 Å². The average Bonchev–Trinajstić information content (AvgIpc) is 3.06. The predicted octanol–water partition coefficient (Wildman–Crippen LogP) is 4.71. The molecule has 0 aliphatic carbocycles. The Bertz CT molecular complexity index is 935. The number of aromatic nitrogens is 3. The van der Waals surface area contributed by atoms with Crippen molar-refractivity contribution in [1.29, 1.82) is 0 Å². The number of rotatable bonds is 7. The summed E-state index contributed by atoms with van der Waals surface area (Å²) in [4.78, 5) is 11.7. The van der Waals surface area contributed by atoms with Crippen LogP contribution in [0.15, 0.2) is 53.7 Å². The Kier molecular flexibility index (Phi) is 5.96. The van der Waals surface area contributed by atoms with E-state index in [0.717, 1.165) is 28.4 Å². The summed E-state index contributed by atoms with van der Waals surface area (Å²) in [5.74, 6) is 1.68. The van der Waals surface area contributed by atoms with E-state index >= 15 is 0 Å². The van der Waals surface area contributed by atoms with Crippen LogP contribution in [0.3, 0.4) is 0 Å². The summed E-state index contributed by atoms with van der Waals surface area (Å²) < 4.78 is 7.54. The van der Waals surface area contributed by atoms with E-state index in [9.17, 15) is 4.79 Å². The highest BCUT2D eigenvalue weighted by Crippen LogP contribution is 2.31. The molecule has 1 atom stereocenters. The summed E-state index contributed by atoms with van der Waals surface area (Å²) in [5.41, 5.74) is 3.07. The number of carbonyl (C=O) groups excluding carboxylic acids is 1. The van der Waals surface area contributed by atoms with Crippen molar-refractivity contribution in [3.63, 3.8) is 0 Å². The lowest BCUT2D eigenvalue weighted by molar-refractivity contribution is -0.116. The van der Waals surface area contributed by atoms with Crippen molar-refractivity contribution in [1.82, 2.24) is 14.8 Å². The number of Topliss-reactive ketones (excluding diaryl/α,β-unsaturated/α-hetero) is 1. The van der Waals surface area contributed by atoms with E-state index in [1.54, 1.807) is 6.92 Å². The lowest BCUT2D eigenvalue weighted by Crippen LogP contribution is -2.10. The first-order chi connectivity index (χ1) is 13.0. The number of hydrogen-bond acceptors (Lipinski definition) is 5. The normalized spacial score (nSPS) is 12.0. The SMILES string of the molecule is CCOc1ccc(-n2c(SC(C)C(C)=O)nnc2-c2cccc(C)c2)cc1. The summed E-state index contributed by atoms with van der Waals surface area (Å²) in [6, 6.07) is 16.0. The third-order valence-corrected chi connectivity index (χ3v) is 5.33. The Hall–Kier alpha value is -2.60. The van der Waals surface area contributed by atoms with Crippen LogP contribution < -0.4 is 4.74 Å². The largest absolute Gasteiger partial charge is 0.494 e. The van der Waals surface area contributed by atoms with E-state index in [-0.39, 0.29) is 11.0 Å². The number of benzene rings is 2. The van der Waals surface area contributed by atoms with Gasteiger partial charge in [0.25, 0.3) is 0 Å². The molecule has 140 valence electrons. The number of ketones is 1. The summed E-state index contributed by atoms with van der Waals surface area (Å²) in [6.45, 7) is 8.11. The molecular weight excluding hydrogens is 358 g/mol. The van der Waals surface area contributed by atoms with Crippen LogP contribution in [-0.2, 0) is 4.79 Å². The molecular formula is C21H23N3O2S. The van der Waals surface area contributed by atoms with Gasteiger partial charge in [0.05, 0.1) is 11.9 Å². The first-order valence-corrected chi connectivity index (χ1v) is 9.80. The van der Waals surface area contributed by atoms with E-state index in [1.807, 2.05) is 54.8 Å². The van der Waals surface area contributed by atoms with Crippen LogP contribution in [-0.4, -0.2) is 32.4 Å². The van der Waals surface area contributed by atoms with Crippen molar-refractivity contribution >= 4 is 17.5 Å². The summed E-state index contributed by atoms with van der Waals surface area (Å²) in [5, 5.41) is 9.30. The maximum Gasteiger partial charge on any atom is 0.196 e. The van der Waals surface area contributed by atoms with Crippen molar-refractivity contribution in [3.05, 3.63) is 54.1 Å². The average molecular weight is 382 g/mol. The first kappa shape index (κ1) is 19.2. The summed E-state index contributed by atoms with van der Waals surface area (Å²) in [7, 11) is 0. The molecule has 3 rings (SSSR count). The van der Waals surface area contributed by atoms with Crippen molar-refractivity contribution in [2.45, 2.75) is 38.1 Å². The third kappa shape index (κ3) is 4.39. The third-order valence-electron chi connectivity index (χ3n) is 4.17. The van der Waals surface area contributed by atoms with Gasteiger partial charge in [0, 0.05) is 11.3 Å². The van der Waals surface area contributed by atoms with Crippen molar-refractivity contribution in [2.24, 2.45) is 0 Å². The molecule has 2 aromatic carbocycles. The topological polar surface area (TPSA) is 57.0 Å². The fourth-order valence-electron chi connectivity index (χ4n) is 2.65. The van der Waals surface area contributed by atoms with Gasteiger partial charge in [-0.25, -0.2) is 0 Å². The lowest BCUT2D eigenvalue weighted by atomic mass is 10.1. The molecule has 0 aliphatic rings. The smallest absolute Gasteiger partial charge is 0.196 e. The number of nitrogens with zero attached hydrogens (tertiary/aromatic N) is 3. The van der Waals surface area contributed by atoms with Crippen LogP contribution in [0.2, 0.25) is 0 Å². The van der Waals surface area contributed by atoms with E-state index in [1.165, 1.54) is 11.8 Å². The van der Waals surface area contributed by atoms with Crippen LogP contribution in [0.5, 0.6) is 5.75 Å². The van der Waals surface area contributed by atoms with Crippen LogP contribution in [0.25, 0.3) is 17.1 Å². The summed E-state index contributed by atoms with van der Waals surface area (Å²) >= 11 is 1.42. The lowest BCUT2D eigenvalue weighted by Gasteiger charge is -2.13. The number of carbonyl (C=O) groups is 1. The Balaban J connectivity index is 2.09. The van der Waals surface area contributed by atoms with Gasteiger partial charge in [0.15, 0.2) is 11.0 Å². The first-order valence-electron chi connectivity index (χ1n) is 8.92. The van der Waals surface area contributed by atoms with Crippen LogP contribution in [0.1, 0.15) is 26.3 Å². The molecule has 0 N–H and O–H groups in total. The minimum absolute atomic E-state index is 0.110. The van der Waals surface area contributed by atoms with Gasteiger partial charge in [0.2, 0.25) is 0 Å². The maximum absolute atomic E-state index is 11.7. The van der Waals surface area contributed by atoms with E-state index in [2.05, 4.69) is 29.3 Å². The quantitative estimate of drug-likeness (QED) is 0.555. The monoisotopic (exact) mass is 381 g/mol. The van der Waals surface area contributed by atoms with Crippen LogP contribution in [0, 0.1) is 6.92 Å². The molecule has 1 aromatic heterocycles. The molecule has 5 nitrogen and oxygen atoms in total. The van der Waals surface area contributed by atoms with Gasteiger partial charge in [-0.15, -0.1) is 10.2 Å². The molecule has 0 radical (unpaired) electrons. The van der Waals surface area contributed by atoms with Crippen molar-refractivity contribution in [2.75, 3.05) is 6.61 Å². The second-order valence-corrected chi connectivity index (χ2v) is 7.62. The van der Waals surface area contributed by atoms with Gasteiger partial charge >= 0.3 is 0 Å². The number of hydrogen-bond donors (Lipinski definition) is 0. The van der Waals surface area contributed by atoms with Crippen LogP contribution >= 0.6 is 11.8 Å². The van der Waals surface area contributed by atoms with Gasteiger partial charge in [-0.3, -0.25) is 9.36 Å². The van der Waals surface area contributed by atoms with Gasteiger partial charge in [-0.1, -0.05) is 35.5 Å². The number of thioether (sulfide) groups is 1. The zero-order chi connectivity index (χ0) is 19.4. The highest BCUT2D eigenvalue weighted by molar-refractivity contribution is 8.00. The fourth-order valence-corrected chi connectivity index (χ4v) is 3.52. The van der Waals surface area contributed by atoms with Gasteiger partial charge in [-0.2, -0.15) is 0 Å². The Morgan fingerprint density at radius 1 is 1.19 bits per heavy atom. The molecule has 0 fully saturated rings. The highest BCUT2D eigenvalue weighted by Gasteiger charge is 2.20. The standard InChI is InChI=1S/C21H23N3O2S/c1-5-26-19-11-9-18(10-12-19)24-20(17-8-6-7-14(2)13-17)22-23-21(24)27-16(4)15(3)25/h6-13,16H,5H2,1-4H3. The molecule has 0 spiro atoms. The molecule has 3 aromatic rings. The number of aryl methyl sites for hydroxylation is 1. The van der Waals surface area contributed by atoms with Gasteiger partial charge in [0.1, 0.15) is 11.5 Å². The maximum atomic E-state index is 11.7. The van der Waals surface area contributed by atoms with E-state index < -0.39 is 0 Å². The Morgan fingerprint density at radius 2 is 1.93 bits per heavy atom. The molecule has 1 heterocycles. The predicted molar refractivity (Wildman–Crippen MR) is 109 cm³/mol.